The number of rotatable bonds is 3. The molecule has 0 spiro atoms. The van der Waals surface area contributed by atoms with Gasteiger partial charge in [0.25, 0.3) is 6.43 Å². The summed E-state index contributed by atoms with van der Waals surface area (Å²) < 4.78 is 29.0. The first-order valence-electron chi connectivity index (χ1n) is 3.23. The molecule has 1 aromatic rings. The molecule has 1 N–H and O–H groups in total. The van der Waals surface area contributed by atoms with E-state index >= 15 is 0 Å². The third-order valence-corrected chi connectivity index (χ3v) is 1.47. The Balaban J connectivity index is 2.71. The Labute approximate surface area is 63.2 Å². The first kappa shape index (κ1) is 8.20. The van der Waals surface area contributed by atoms with Gasteiger partial charge in [-0.1, -0.05) is 0 Å². The topological polar surface area (TPSA) is 25.2 Å². The van der Waals surface area contributed by atoms with Crippen molar-refractivity contribution in [2.24, 2.45) is 0 Å². The van der Waals surface area contributed by atoms with E-state index in [1.54, 1.807) is 0 Å². The van der Waals surface area contributed by atoms with Crippen LogP contribution in [0.4, 0.5) is 8.78 Å². The van der Waals surface area contributed by atoms with E-state index in [9.17, 15) is 8.78 Å². The van der Waals surface area contributed by atoms with Crippen LogP contribution in [-0.2, 0) is 0 Å². The molecule has 1 rings (SSSR count). The summed E-state index contributed by atoms with van der Waals surface area (Å²) in [7, 11) is 1.49. The quantitative estimate of drug-likeness (QED) is 0.731. The Kier molecular flexibility index (Phi) is 2.59. The van der Waals surface area contributed by atoms with Gasteiger partial charge >= 0.3 is 0 Å². The minimum atomic E-state index is -2.41. The van der Waals surface area contributed by atoms with Crippen LogP contribution >= 0.6 is 0 Å². The van der Waals surface area contributed by atoms with Gasteiger partial charge in [0, 0.05) is 5.56 Å². The zero-order valence-electron chi connectivity index (χ0n) is 6.05. The van der Waals surface area contributed by atoms with Crippen molar-refractivity contribution in [3.63, 3.8) is 0 Å². The van der Waals surface area contributed by atoms with E-state index in [0.29, 0.717) is 5.56 Å². The molecule has 4 heteroatoms. The van der Waals surface area contributed by atoms with Crippen molar-refractivity contribution in [1.82, 2.24) is 5.32 Å². The Morgan fingerprint density at radius 1 is 1.55 bits per heavy atom. The lowest BCUT2D eigenvalue weighted by molar-refractivity contribution is 0.102. The van der Waals surface area contributed by atoms with E-state index in [1.807, 2.05) is 0 Å². The molecule has 0 radical (unpaired) electrons. The van der Waals surface area contributed by atoms with Gasteiger partial charge in [-0.2, -0.15) is 0 Å². The summed E-state index contributed by atoms with van der Waals surface area (Å²) in [6, 6.07) is 0.599. The molecule has 0 saturated heterocycles. The van der Waals surface area contributed by atoms with Crippen molar-refractivity contribution in [2.45, 2.75) is 12.5 Å². The number of hydrogen-bond acceptors (Lipinski definition) is 2. The number of alkyl halides is 2. The summed E-state index contributed by atoms with van der Waals surface area (Å²) in [6.07, 6.45) is 0.285. The smallest absolute Gasteiger partial charge is 0.257 e. The first-order chi connectivity index (χ1) is 5.25. The summed E-state index contributed by atoms with van der Waals surface area (Å²) in [5.74, 6) is 0. The minimum Gasteiger partial charge on any atom is -0.472 e. The summed E-state index contributed by atoms with van der Waals surface area (Å²) in [5, 5.41) is 2.49. The van der Waals surface area contributed by atoms with Crippen LogP contribution in [0, 0.1) is 0 Å². The molecule has 1 aromatic heterocycles. The normalized spacial score (nSPS) is 13.8. The fourth-order valence-corrected chi connectivity index (χ4v) is 0.890. The van der Waals surface area contributed by atoms with Crippen molar-refractivity contribution in [3.8, 4) is 0 Å². The van der Waals surface area contributed by atoms with Crippen molar-refractivity contribution in [2.75, 3.05) is 7.05 Å². The average molecular weight is 161 g/mol. The van der Waals surface area contributed by atoms with Crippen LogP contribution in [0.2, 0.25) is 0 Å². The highest BCUT2D eigenvalue weighted by atomic mass is 19.3. The van der Waals surface area contributed by atoms with Crippen LogP contribution in [0.25, 0.3) is 0 Å². The molecule has 0 fully saturated rings. The number of hydrogen-bond donors (Lipinski definition) is 1. The van der Waals surface area contributed by atoms with E-state index in [2.05, 4.69) is 9.73 Å². The molecule has 0 aliphatic heterocycles. The van der Waals surface area contributed by atoms with E-state index in [4.69, 9.17) is 0 Å². The lowest BCUT2D eigenvalue weighted by Crippen LogP contribution is -2.22. The van der Waals surface area contributed by atoms with Crippen molar-refractivity contribution in [3.05, 3.63) is 24.2 Å². The molecular formula is C7H9F2NO. The number of halogens is 2. The SMILES string of the molecule is CNC(c1ccoc1)C(F)F. The number of furan rings is 1. The van der Waals surface area contributed by atoms with Gasteiger partial charge in [0.2, 0.25) is 0 Å². The van der Waals surface area contributed by atoms with Crippen molar-refractivity contribution >= 4 is 0 Å². The number of nitrogens with one attached hydrogen (secondary N) is 1. The Morgan fingerprint density at radius 3 is 2.64 bits per heavy atom. The van der Waals surface area contributed by atoms with Crippen LogP contribution in [0.1, 0.15) is 11.6 Å². The zero-order chi connectivity index (χ0) is 8.27. The Hall–Kier alpha value is -0.900. The van der Waals surface area contributed by atoms with Gasteiger partial charge in [-0.25, -0.2) is 8.78 Å². The van der Waals surface area contributed by atoms with Crippen molar-refractivity contribution < 1.29 is 13.2 Å². The molecule has 0 saturated carbocycles. The largest absolute Gasteiger partial charge is 0.472 e. The standard InChI is InChI=1S/C7H9F2NO/c1-10-6(7(8)9)5-2-3-11-4-5/h2-4,6-7,10H,1H3. The van der Waals surface area contributed by atoms with E-state index in [0.717, 1.165) is 0 Å². The highest BCUT2D eigenvalue weighted by Gasteiger charge is 2.20. The second kappa shape index (κ2) is 3.48. The second-order valence-electron chi connectivity index (χ2n) is 2.16. The average Bonchev–Trinajstić information content (AvgIpc) is 2.40. The monoisotopic (exact) mass is 161 g/mol. The van der Waals surface area contributed by atoms with Gasteiger partial charge in [0.1, 0.15) is 0 Å². The third kappa shape index (κ3) is 1.77. The van der Waals surface area contributed by atoms with Gasteiger partial charge in [-0.05, 0) is 13.1 Å². The van der Waals surface area contributed by atoms with Crippen molar-refractivity contribution in [1.29, 1.82) is 0 Å². The van der Waals surface area contributed by atoms with E-state index in [1.165, 1.54) is 25.6 Å². The molecule has 2 nitrogen and oxygen atoms in total. The lowest BCUT2D eigenvalue weighted by atomic mass is 10.2. The fraction of sp³-hybridized carbons (Fsp3) is 0.429. The fourth-order valence-electron chi connectivity index (χ4n) is 0.890. The third-order valence-electron chi connectivity index (χ3n) is 1.47. The van der Waals surface area contributed by atoms with Gasteiger partial charge in [-0.15, -0.1) is 0 Å². The van der Waals surface area contributed by atoms with E-state index in [-0.39, 0.29) is 0 Å². The summed E-state index contributed by atoms with van der Waals surface area (Å²) in [5.41, 5.74) is 0.475. The predicted molar refractivity (Wildman–Crippen MR) is 36.5 cm³/mol. The highest BCUT2D eigenvalue weighted by Crippen LogP contribution is 2.19. The maximum absolute atomic E-state index is 12.2. The first-order valence-corrected chi connectivity index (χ1v) is 3.23. The molecule has 0 bridgehead atoms. The molecule has 0 aliphatic rings. The van der Waals surface area contributed by atoms with Gasteiger partial charge in [-0.3, -0.25) is 0 Å². The zero-order valence-corrected chi connectivity index (χ0v) is 6.05. The Morgan fingerprint density at radius 2 is 2.27 bits per heavy atom. The van der Waals surface area contributed by atoms with Crippen LogP contribution in [0.3, 0.4) is 0 Å². The van der Waals surface area contributed by atoms with Gasteiger partial charge in [0.15, 0.2) is 0 Å². The second-order valence-corrected chi connectivity index (χ2v) is 2.16. The molecule has 0 amide bonds. The maximum atomic E-state index is 12.2. The lowest BCUT2D eigenvalue weighted by Gasteiger charge is -2.11. The molecule has 0 aliphatic carbocycles. The summed E-state index contributed by atoms with van der Waals surface area (Å²) in [4.78, 5) is 0. The summed E-state index contributed by atoms with van der Waals surface area (Å²) >= 11 is 0. The van der Waals surface area contributed by atoms with E-state index < -0.39 is 12.5 Å². The van der Waals surface area contributed by atoms with Crippen LogP contribution in [-0.4, -0.2) is 13.5 Å². The Bertz CT molecular complexity index is 198. The minimum absolute atomic E-state index is 0.475. The molecule has 62 valence electrons. The van der Waals surface area contributed by atoms with Gasteiger partial charge in [0.05, 0.1) is 18.6 Å². The molecular weight excluding hydrogens is 152 g/mol. The molecule has 1 atom stereocenters. The molecule has 11 heavy (non-hydrogen) atoms. The van der Waals surface area contributed by atoms with Gasteiger partial charge < -0.3 is 9.73 Å². The highest BCUT2D eigenvalue weighted by molar-refractivity contribution is 5.11. The molecule has 1 unspecified atom stereocenters. The van der Waals surface area contributed by atoms with Crippen LogP contribution < -0.4 is 5.32 Å². The maximum Gasteiger partial charge on any atom is 0.257 e. The summed E-state index contributed by atoms with van der Waals surface area (Å²) in [6.45, 7) is 0. The predicted octanol–water partition coefficient (Wildman–Crippen LogP) is 1.81. The molecule has 1 heterocycles. The van der Waals surface area contributed by atoms with Crippen LogP contribution in [0.15, 0.2) is 23.0 Å². The van der Waals surface area contributed by atoms with Crippen LogP contribution in [0.5, 0.6) is 0 Å². The molecule has 0 aromatic carbocycles.